The molecule has 0 amide bonds. The maximum atomic E-state index is 13.7. The largest absolute Gasteiger partial charge is 0.205 e. The predicted molar refractivity (Wildman–Crippen MR) is 91.2 cm³/mol. The van der Waals surface area contributed by atoms with Crippen LogP contribution in [0.15, 0.2) is 53.5 Å². The Morgan fingerprint density at radius 3 is 2.10 bits per heavy atom. The standard InChI is InChI=1S/C18H14FNS/c1-2-3-14-4-6-15(7-5-14)8-9-16-10-11-18(20-13-21)17(19)12-16/h2-12H,1H3/b3-2+,9-8+. The van der Waals surface area contributed by atoms with E-state index in [4.69, 9.17) is 0 Å². The lowest BCUT2D eigenvalue weighted by Crippen LogP contribution is -1.79. The molecule has 0 heterocycles. The molecular formula is C18H14FNS. The lowest BCUT2D eigenvalue weighted by molar-refractivity contribution is 0.630. The molecule has 2 aromatic carbocycles. The average molecular weight is 295 g/mol. The van der Waals surface area contributed by atoms with E-state index in [1.54, 1.807) is 12.1 Å². The molecule has 2 aromatic rings. The number of hydrogen-bond donors (Lipinski definition) is 0. The first-order valence-corrected chi connectivity index (χ1v) is 6.92. The van der Waals surface area contributed by atoms with E-state index in [-0.39, 0.29) is 5.69 Å². The number of benzene rings is 2. The monoisotopic (exact) mass is 295 g/mol. The van der Waals surface area contributed by atoms with Crippen molar-refractivity contribution in [1.82, 2.24) is 0 Å². The fourth-order valence-electron chi connectivity index (χ4n) is 1.87. The van der Waals surface area contributed by atoms with Crippen molar-refractivity contribution in [3.63, 3.8) is 0 Å². The van der Waals surface area contributed by atoms with Gasteiger partial charge in [0, 0.05) is 0 Å². The van der Waals surface area contributed by atoms with Gasteiger partial charge in [-0.1, -0.05) is 54.6 Å². The average Bonchev–Trinajstić information content (AvgIpc) is 2.49. The number of thiocarbonyl (C=S) groups is 1. The first kappa shape index (κ1) is 15.0. The molecule has 0 bridgehead atoms. The van der Waals surface area contributed by atoms with Gasteiger partial charge >= 0.3 is 0 Å². The Kier molecular flexibility index (Phi) is 5.33. The van der Waals surface area contributed by atoms with Crippen LogP contribution in [0.4, 0.5) is 10.1 Å². The lowest BCUT2D eigenvalue weighted by atomic mass is 10.1. The molecule has 0 aromatic heterocycles. The molecule has 0 saturated heterocycles. The number of aliphatic imine (C=N–C) groups is 1. The molecule has 0 spiro atoms. The van der Waals surface area contributed by atoms with Crippen molar-refractivity contribution in [3.8, 4) is 0 Å². The molecule has 0 fully saturated rings. The molecule has 3 heteroatoms. The Balaban J connectivity index is 2.17. The summed E-state index contributed by atoms with van der Waals surface area (Å²) >= 11 is 4.47. The van der Waals surface area contributed by atoms with Gasteiger partial charge in [-0.2, -0.15) is 4.99 Å². The maximum absolute atomic E-state index is 13.7. The highest BCUT2D eigenvalue weighted by molar-refractivity contribution is 7.78. The summed E-state index contributed by atoms with van der Waals surface area (Å²) in [6.45, 7) is 1.99. The van der Waals surface area contributed by atoms with Crippen LogP contribution in [0.1, 0.15) is 23.6 Å². The number of rotatable bonds is 4. The summed E-state index contributed by atoms with van der Waals surface area (Å²) in [4.78, 5) is 3.65. The third-order valence-electron chi connectivity index (χ3n) is 2.90. The fourth-order valence-corrected chi connectivity index (χ4v) is 1.97. The lowest BCUT2D eigenvalue weighted by Gasteiger charge is -1.98. The quantitative estimate of drug-likeness (QED) is 0.396. The highest BCUT2D eigenvalue weighted by Gasteiger charge is 2.00. The van der Waals surface area contributed by atoms with E-state index in [9.17, 15) is 4.39 Å². The number of allylic oxidation sites excluding steroid dienone is 1. The van der Waals surface area contributed by atoms with Crippen LogP contribution in [0.3, 0.4) is 0 Å². The molecule has 0 radical (unpaired) electrons. The molecule has 1 nitrogen and oxygen atoms in total. The SMILES string of the molecule is C/C=C/c1ccc(/C=C/c2ccc(N=C=S)c(F)c2)cc1. The van der Waals surface area contributed by atoms with Crippen LogP contribution >= 0.6 is 12.2 Å². The highest BCUT2D eigenvalue weighted by atomic mass is 32.1. The normalized spacial score (nSPS) is 11.0. The van der Waals surface area contributed by atoms with E-state index in [1.165, 1.54) is 6.07 Å². The van der Waals surface area contributed by atoms with Gasteiger partial charge in [0.05, 0.1) is 5.16 Å². The van der Waals surface area contributed by atoms with Crippen LogP contribution < -0.4 is 0 Å². The van der Waals surface area contributed by atoms with Crippen molar-refractivity contribution in [1.29, 1.82) is 0 Å². The van der Waals surface area contributed by atoms with Crippen molar-refractivity contribution in [2.24, 2.45) is 4.99 Å². The molecular weight excluding hydrogens is 281 g/mol. The van der Waals surface area contributed by atoms with E-state index in [2.05, 4.69) is 22.4 Å². The van der Waals surface area contributed by atoms with Crippen LogP contribution in [0, 0.1) is 5.82 Å². The summed E-state index contributed by atoms with van der Waals surface area (Å²) in [6, 6.07) is 12.9. The van der Waals surface area contributed by atoms with Gasteiger partial charge in [0.15, 0.2) is 0 Å². The smallest absolute Gasteiger partial charge is 0.150 e. The van der Waals surface area contributed by atoms with Crippen LogP contribution in [-0.2, 0) is 0 Å². The zero-order valence-electron chi connectivity index (χ0n) is 11.6. The molecule has 0 aliphatic rings. The second kappa shape index (κ2) is 7.44. The zero-order chi connectivity index (χ0) is 15.1. The molecule has 2 rings (SSSR count). The minimum absolute atomic E-state index is 0.206. The summed E-state index contributed by atoms with van der Waals surface area (Å²) in [5.41, 5.74) is 3.19. The van der Waals surface area contributed by atoms with E-state index in [0.29, 0.717) is 0 Å². The number of nitrogens with zero attached hydrogens (tertiary/aromatic N) is 1. The zero-order valence-corrected chi connectivity index (χ0v) is 12.4. The summed E-state index contributed by atoms with van der Waals surface area (Å²) in [5.74, 6) is -0.405. The third kappa shape index (κ3) is 4.32. The van der Waals surface area contributed by atoms with Gasteiger partial charge in [0.25, 0.3) is 0 Å². The number of isothiocyanates is 1. The number of halogens is 1. The first-order chi connectivity index (χ1) is 10.2. The van der Waals surface area contributed by atoms with Gasteiger partial charge in [-0.15, -0.1) is 0 Å². The Morgan fingerprint density at radius 2 is 1.52 bits per heavy atom. The third-order valence-corrected chi connectivity index (χ3v) is 2.99. The van der Waals surface area contributed by atoms with Crippen molar-refractivity contribution in [3.05, 3.63) is 71.0 Å². The molecule has 21 heavy (non-hydrogen) atoms. The van der Waals surface area contributed by atoms with Crippen LogP contribution in [0.2, 0.25) is 0 Å². The molecule has 0 atom stereocenters. The van der Waals surface area contributed by atoms with Crippen molar-refractivity contribution in [2.75, 3.05) is 0 Å². The second-order valence-corrected chi connectivity index (χ2v) is 4.60. The van der Waals surface area contributed by atoms with Crippen molar-refractivity contribution >= 4 is 41.3 Å². The van der Waals surface area contributed by atoms with Gasteiger partial charge in [0.2, 0.25) is 0 Å². The first-order valence-electron chi connectivity index (χ1n) is 6.51. The van der Waals surface area contributed by atoms with Gasteiger partial charge in [-0.05, 0) is 48.0 Å². The maximum Gasteiger partial charge on any atom is 0.150 e. The Hall–Kier alpha value is -2.35. The van der Waals surface area contributed by atoms with E-state index in [0.717, 1.165) is 16.7 Å². The summed E-state index contributed by atoms with van der Waals surface area (Å²) in [6.07, 6.45) is 7.84. The topological polar surface area (TPSA) is 12.4 Å². The van der Waals surface area contributed by atoms with Crippen molar-refractivity contribution in [2.45, 2.75) is 6.92 Å². The molecule has 0 N–H and O–H groups in total. The predicted octanol–water partition coefficient (Wildman–Crippen LogP) is 5.76. The highest BCUT2D eigenvalue weighted by Crippen LogP contribution is 2.20. The molecule has 0 aliphatic heterocycles. The Morgan fingerprint density at radius 1 is 0.952 bits per heavy atom. The molecule has 0 saturated carbocycles. The van der Waals surface area contributed by atoms with Gasteiger partial charge in [0.1, 0.15) is 11.5 Å². The van der Waals surface area contributed by atoms with Crippen LogP contribution in [0.25, 0.3) is 18.2 Å². The van der Waals surface area contributed by atoms with E-state index < -0.39 is 5.82 Å². The molecule has 104 valence electrons. The minimum Gasteiger partial charge on any atom is -0.205 e. The summed E-state index contributed by atoms with van der Waals surface area (Å²) in [7, 11) is 0. The Bertz CT molecular complexity index is 723. The van der Waals surface area contributed by atoms with E-state index in [1.807, 2.05) is 55.5 Å². The van der Waals surface area contributed by atoms with Gasteiger partial charge in [-0.25, -0.2) is 4.39 Å². The van der Waals surface area contributed by atoms with Gasteiger partial charge < -0.3 is 0 Å². The van der Waals surface area contributed by atoms with Crippen LogP contribution in [0.5, 0.6) is 0 Å². The number of hydrogen-bond acceptors (Lipinski definition) is 2. The van der Waals surface area contributed by atoms with Gasteiger partial charge in [-0.3, -0.25) is 0 Å². The summed E-state index contributed by atoms with van der Waals surface area (Å²) < 4.78 is 13.7. The van der Waals surface area contributed by atoms with E-state index >= 15 is 0 Å². The van der Waals surface area contributed by atoms with Crippen molar-refractivity contribution < 1.29 is 4.39 Å². The Labute approximate surface area is 129 Å². The fraction of sp³-hybridized carbons (Fsp3) is 0.0556. The van der Waals surface area contributed by atoms with Crippen LogP contribution in [-0.4, -0.2) is 5.16 Å². The second-order valence-electron chi connectivity index (χ2n) is 4.41. The molecule has 0 unspecified atom stereocenters. The summed E-state index contributed by atoms with van der Waals surface area (Å²) in [5, 5.41) is 2.16. The molecule has 0 aliphatic carbocycles. The minimum atomic E-state index is -0.405.